The van der Waals surface area contributed by atoms with Gasteiger partial charge in [0.15, 0.2) is 0 Å². The van der Waals surface area contributed by atoms with Crippen molar-refractivity contribution in [2.24, 2.45) is 0 Å². The van der Waals surface area contributed by atoms with Crippen molar-refractivity contribution in [1.29, 1.82) is 5.26 Å². The minimum Gasteiger partial charge on any atom is -0.497 e. The SMILES string of the molecule is COc1ccc(-c2noc(CN3CCCN(Cc4ccc(C#N)cc4)CC3)n2)c(OC)c1. The molecule has 8 nitrogen and oxygen atoms in total. The van der Waals surface area contributed by atoms with Gasteiger partial charge in [-0.05, 0) is 49.3 Å². The van der Waals surface area contributed by atoms with Crippen LogP contribution in [0.3, 0.4) is 0 Å². The van der Waals surface area contributed by atoms with Crippen LogP contribution >= 0.6 is 0 Å². The maximum Gasteiger partial charge on any atom is 0.241 e. The summed E-state index contributed by atoms with van der Waals surface area (Å²) < 4.78 is 16.2. The van der Waals surface area contributed by atoms with Crippen molar-refractivity contribution < 1.29 is 14.0 Å². The van der Waals surface area contributed by atoms with Gasteiger partial charge in [0.05, 0.1) is 38.0 Å². The fraction of sp³-hybridized carbons (Fsp3) is 0.375. The van der Waals surface area contributed by atoms with E-state index in [1.54, 1.807) is 14.2 Å². The Hall–Kier alpha value is -3.41. The average Bonchev–Trinajstić information content (AvgIpc) is 3.19. The quantitative estimate of drug-likeness (QED) is 0.561. The van der Waals surface area contributed by atoms with Crippen molar-refractivity contribution in [1.82, 2.24) is 19.9 Å². The van der Waals surface area contributed by atoms with E-state index in [-0.39, 0.29) is 0 Å². The van der Waals surface area contributed by atoms with Gasteiger partial charge in [0.25, 0.3) is 0 Å². The Bertz CT molecular complexity index is 1070. The van der Waals surface area contributed by atoms with Crippen molar-refractivity contribution in [3.63, 3.8) is 0 Å². The van der Waals surface area contributed by atoms with Crippen LogP contribution in [0.4, 0.5) is 0 Å². The zero-order valence-corrected chi connectivity index (χ0v) is 18.5. The van der Waals surface area contributed by atoms with Gasteiger partial charge in [0.1, 0.15) is 11.5 Å². The second-order valence-corrected chi connectivity index (χ2v) is 7.79. The van der Waals surface area contributed by atoms with E-state index in [2.05, 4.69) is 26.0 Å². The molecular weight excluding hydrogens is 406 g/mol. The number of nitrogens with zero attached hydrogens (tertiary/aromatic N) is 5. The zero-order chi connectivity index (χ0) is 22.3. The minimum absolute atomic E-state index is 0.511. The molecule has 8 heteroatoms. The first kappa shape index (κ1) is 21.8. The summed E-state index contributed by atoms with van der Waals surface area (Å²) in [5.41, 5.74) is 2.70. The van der Waals surface area contributed by atoms with Gasteiger partial charge < -0.3 is 14.0 Å². The van der Waals surface area contributed by atoms with Gasteiger partial charge in [-0.2, -0.15) is 10.2 Å². The molecule has 3 aromatic rings. The van der Waals surface area contributed by atoms with Crippen molar-refractivity contribution in [2.75, 3.05) is 40.4 Å². The Kier molecular flexibility index (Phi) is 7.00. The van der Waals surface area contributed by atoms with Gasteiger partial charge in [-0.15, -0.1) is 0 Å². The Labute approximate surface area is 188 Å². The Balaban J connectivity index is 1.35. The monoisotopic (exact) mass is 433 g/mol. The molecule has 1 saturated heterocycles. The maximum absolute atomic E-state index is 8.96. The summed E-state index contributed by atoms with van der Waals surface area (Å²) in [4.78, 5) is 9.39. The summed E-state index contributed by atoms with van der Waals surface area (Å²) in [5, 5.41) is 13.1. The van der Waals surface area contributed by atoms with Gasteiger partial charge in [-0.25, -0.2) is 0 Å². The standard InChI is InChI=1S/C24H27N5O3/c1-30-20-8-9-21(22(14-20)31-2)24-26-23(32-27-24)17-29-11-3-10-28(12-13-29)16-19-6-4-18(15-25)5-7-19/h4-9,14H,3,10-13,16-17H2,1-2H3. The van der Waals surface area contributed by atoms with Crippen molar-refractivity contribution in [3.05, 3.63) is 59.5 Å². The van der Waals surface area contributed by atoms with E-state index in [1.165, 1.54) is 5.56 Å². The number of hydrogen-bond donors (Lipinski definition) is 0. The molecule has 4 rings (SSSR count). The molecule has 0 aliphatic carbocycles. The number of hydrogen-bond acceptors (Lipinski definition) is 8. The van der Waals surface area contributed by atoms with Crippen molar-refractivity contribution >= 4 is 0 Å². The molecule has 32 heavy (non-hydrogen) atoms. The number of methoxy groups -OCH3 is 2. The summed E-state index contributed by atoms with van der Waals surface area (Å²) in [6.07, 6.45) is 1.07. The molecule has 2 heterocycles. The Morgan fingerprint density at radius 1 is 0.969 bits per heavy atom. The lowest BCUT2D eigenvalue weighted by Gasteiger charge is -2.21. The van der Waals surface area contributed by atoms with Crippen LogP contribution < -0.4 is 9.47 Å². The number of benzene rings is 2. The molecule has 0 spiro atoms. The Morgan fingerprint density at radius 2 is 1.72 bits per heavy atom. The minimum atomic E-state index is 0.511. The maximum atomic E-state index is 8.96. The van der Waals surface area contributed by atoms with Gasteiger partial charge in [-0.1, -0.05) is 17.3 Å². The van der Waals surface area contributed by atoms with Gasteiger partial charge >= 0.3 is 0 Å². The third kappa shape index (κ3) is 5.25. The fourth-order valence-corrected chi connectivity index (χ4v) is 3.89. The molecule has 0 unspecified atom stereocenters. The zero-order valence-electron chi connectivity index (χ0n) is 18.5. The van der Waals surface area contributed by atoms with Crippen LogP contribution in [-0.2, 0) is 13.1 Å². The van der Waals surface area contributed by atoms with Crippen LogP contribution in [-0.4, -0.2) is 60.3 Å². The smallest absolute Gasteiger partial charge is 0.241 e. The molecule has 0 amide bonds. The van der Waals surface area contributed by atoms with Crippen LogP contribution in [0.1, 0.15) is 23.4 Å². The second kappa shape index (κ2) is 10.3. The summed E-state index contributed by atoms with van der Waals surface area (Å²) in [6.45, 7) is 5.42. The first-order chi connectivity index (χ1) is 15.7. The molecule has 166 valence electrons. The molecule has 1 aromatic heterocycles. The van der Waals surface area contributed by atoms with Crippen molar-refractivity contribution in [2.45, 2.75) is 19.5 Å². The molecule has 0 atom stereocenters. The molecule has 2 aromatic carbocycles. The topological polar surface area (TPSA) is 87.7 Å². The number of nitriles is 1. The number of ether oxygens (including phenoxy) is 2. The van der Waals surface area contributed by atoms with E-state index in [9.17, 15) is 0 Å². The van der Waals surface area contributed by atoms with Gasteiger partial charge in [-0.3, -0.25) is 9.80 Å². The lowest BCUT2D eigenvalue weighted by Crippen LogP contribution is -2.30. The summed E-state index contributed by atoms with van der Waals surface area (Å²) in [7, 11) is 3.23. The van der Waals surface area contributed by atoms with E-state index in [0.29, 0.717) is 35.3 Å². The highest BCUT2D eigenvalue weighted by Gasteiger charge is 2.19. The highest BCUT2D eigenvalue weighted by Crippen LogP contribution is 2.31. The average molecular weight is 434 g/mol. The summed E-state index contributed by atoms with van der Waals surface area (Å²) >= 11 is 0. The largest absolute Gasteiger partial charge is 0.497 e. The van der Waals surface area contributed by atoms with Gasteiger partial charge in [0, 0.05) is 25.7 Å². The number of aromatic nitrogens is 2. The van der Waals surface area contributed by atoms with Gasteiger partial charge in [0.2, 0.25) is 11.7 Å². The molecule has 0 radical (unpaired) electrons. The third-order valence-corrected chi connectivity index (χ3v) is 5.65. The molecule has 0 N–H and O–H groups in total. The van der Waals surface area contributed by atoms with Crippen LogP contribution in [0.5, 0.6) is 11.5 Å². The molecule has 0 bridgehead atoms. The van der Waals surface area contributed by atoms with Crippen molar-refractivity contribution in [3.8, 4) is 29.0 Å². The van der Waals surface area contributed by atoms with E-state index >= 15 is 0 Å². The predicted molar refractivity (Wildman–Crippen MR) is 119 cm³/mol. The molecule has 1 fully saturated rings. The molecule has 1 aliphatic heterocycles. The van der Waals surface area contributed by atoms with Crippen LogP contribution in [0.15, 0.2) is 47.0 Å². The first-order valence-corrected chi connectivity index (χ1v) is 10.7. The lowest BCUT2D eigenvalue weighted by atomic mass is 10.1. The van der Waals surface area contributed by atoms with E-state index in [1.807, 2.05) is 42.5 Å². The molecular formula is C24H27N5O3. The van der Waals surface area contributed by atoms with E-state index in [0.717, 1.165) is 44.7 Å². The molecule has 0 saturated carbocycles. The lowest BCUT2D eigenvalue weighted by molar-refractivity contribution is 0.222. The summed E-state index contributed by atoms with van der Waals surface area (Å²) in [5.74, 6) is 2.46. The van der Waals surface area contributed by atoms with E-state index < -0.39 is 0 Å². The molecule has 1 aliphatic rings. The van der Waals surface area contributed by atoms with E-state index in [4.69, 9.17) is 19.3 Å². The van der Waals surface area contributed by atoms with Crippen LogP contribution in [0.25, 0.3) is 11.4 Å². The summed E-state index contributed by atoms with van der Waals surface area (Å²) in [6, 6.07) is 15.5. The van der Waals surface area contributed by atoms with Crippen LogP contribution in [0, 0.1) is 11.3 Å². The highest BCUT2D eigenvalue weighted by molar-refractivity contribution is 5.65. The third-order valence-electron chi connectivity index (χ3n) is 5.65. The number of rotatable bonds is 7. The Morgan fingerprint density at radius 3 is 2.41 bits per heavy atom. The first-order valence-electron chi connectivity index (χ1n) is 10.7. The second-order valence-electron chi connectivity index (χ2n) is 7.79. The van der Waals surface area contributed by atoms with Crippen LogP contribution in [0.2, 0.25) is 0 Å². The normalized spacial score (nSPS) is 15.2. The predicted octanol–water partition coefficient (Wildman–Crippen LogP) is 3.33. The fourth-order valence-electron chi connectivity index (χ4n) is 3.89. The highest BCUT2D eigenvalue weighted by atomic mass is 16.5.